The van der Waals surface area contributed by atoms with Crippen LogP contribution in [-0.4, -0.2) is 41.1 Å². The van der Waals surface area contributed by atoms with E-state index in [0.29, 0.717) is 5.39 Å². The summed E-state index contributed by atoms with van der Waals surface area (Å²) in [5, 5.41) is 11.2. The van der Waals surface area contributed by atoms with Crippen LogP contribution < -0.4 is 16.1 Å². The van der Waals surface area contributed by atoms with Crippen molar-refractivity contribution < 1.29 is 33.3 Å². The molecule has 1 aliphatic rings. The van der Waals surface area contributed by atoms with Crippen molar-refractivity contribution in [1.82, 2.24) is 0 Å². The number of rotatable bonds is 5. The van der Waals surface area contributed by atoms with Gasteiger partial charge in [-0.05, 0) is 39.0 Å². The number of aliphatic hydroxyl groups is 1. The van der Waals surface area contributed by atoms with Gasteiger partial charge in [0.1, 0.15) is 23.2 Å². The van der Waals surface area contributed by atoms with Gasteiger partial charge in [0.05, 0.1) is 5.60 Å². The number of ketones is 1. The SMILES string of the molecule is CC(=O)Cc1cc2ccc(OC3OC(C)(C)[C@H](C)[C@H](O)[C@@H]3OC(N)=O)cc2oc1=O. The maximum atomic E-state index is 12.1. The van der Waals surface area contributed by atoms with Crippen molar-refractivity contribution in [2.75, 3.05) is 0 Å². The van der Waals surface area contributed by atoms with Crippen LogP contribution >= 0.6 is 0 Å². The number of hydrogen-bond acceptors (Lipinski definition) is 8. The van der Waals surface area contributed by atoms with Crippen molar-refractivity contribution in [2.24, 2.45) is 11.7 Å². The number of amides is 1. The van der Waals surface area contributed by atoms with E-state index in [-0.39, 0.29) is 35.0 Å². The van der Waals surface area contributed by atoms with Gasteiger partial charge in [-0.25, -0.2) is 9.59 Å². The number of fused-ring (bicyclic) bond motifs is 1. The molecular formula is C21H25NO8. The highest BCUT2D eigenvalue weighted by Crippen LogP contribution is 2.36. The minimum absolute atomic E-state index is 0.0102. The van der Waals surface area contributed by atoms with Gasteiger partial charge in [-0.1, -0.05) is 6.92 Å². The normalized spacial score (nSPS) is 25.6. The third-order valence-electron chi connectivity index (χ3n) is 5.36. The second-order valence-electron chi connectivity index (χ2n) is 8.03. The van der Waals surface area contributed by atoms with Gasteiger partial charge in [0.2, 0.25) is 6.29 Å². The molecule has 4 atom stereocenters. The Hall–Kier alpha value is -2.91. The highest BCUT2D eigenvalue weighted by molar-refractivity contribution is 5.82. The summed E-state index contributed by atoms with van der Waals surface area (Å²) in [7, 11) is 0. The summed E-state index contributed by atoms with van der Waals surface area (Å²) in [6.45, 7) is 6.73. The molecule has 3 N–H and O–H groups in total. The van der Waals surface area contributed by atoms with Crippen LogP contribution in [0.15, 0.2) is 33.5 Å². The van der Waals surface area contributed by atoms with Gasteiger partial charge in [-0.15, -0.1) is 0 Å². The van der Waals surface area contributed by atoms with E-state index in [9.17, 15) is 19.5 Å². The molecule has 0 spiro atoms. The summed E-state index contributed by atoms with van der Waals surface area (Å²) in [5.41, 5.74) is 4.28. The van der Waals surface area contributed by atoms with Crippen molar-refractivity contribution in [3.8, 4) is 5.75 Å². The molecule has 1 saturated heterocycles. The Labute approximate surface area is 172 Å². The van der Waals surface area contributed by atoms with Crippen LogP contribution in [0, 0.1) is 5.92 Å². The van der Waals surface area contributed by atoms with E-state index in [0.717, 1.165) is 0 Å². The number of primary amides is 1. The van der Waals surface area contributed by atoms with Crippen LogP contribution in [0.5, 0.6) is 5.75 Å². The number of benzene rings is 1. The summed E-state index contributed by atoms with van der Waals surface area (Å²) >= 11 is 0. The third kappa shape index (κ3) is 4.47. The molecule has 1 aromatic carbocycles. The Balaban J connectivity index is 1.91. The molecule has 1 aromatic heterocycles. The zero-order valence-corrected chi connectivity index (χ0v) is 17.2. The lowest BCUT2D eigenvalue weighted by molar-refractivity contribution is -0.283. The quantitative estimate of drug-likeness (QED) is 0.701. The highest BCUT2D eigenvalue weighted by Gasteiger charge is 2.50. The first-order valence-corrected chi connectivity index (χ1v) is 9.53. The predicted octanol–water partition coefficient (Wildman–Crippen LogP) is 1.90. The molecule has 162 valence electrons. The average molecular weight is 419 g/mol. The summed E-state index contributed by atoms with van der Waals surface area (Å²) in [6, 6.07) is 6.35. The molecule has 1 aliphatic heterocycles. The smallest absolute Gasteiger partial charge is 0.405 e. The molecule has 1 unspecified atom stereocenters. The molecule has 2 aromatic rings. The van der Waals surface area contributed by atoms with Crippen molar-refractivity contribution in [3.05, 3.63) is 40.2 Å². The van der Waals surface area contributed by atoms with Crippen LogP contribution in [0.3, 0.4) is 0 Å². The van der Waals surface area contributed by atoms with Gasteiger partial charge in [0.25, 0.3) is 0 Å². The molecule has 2 heterocycles. The number of Topliss-reactive ketones (excluding diaryl/α,β-unsaturated/α-hetero) is 1. The van der Waals surface area contributed by atoms with Gasteiger partial charge < -0.3 is 29.5 Å². The van der Waals surface area contributed by atoms with E-state index >= 15 is 0 Å². The number of carbonyl (C=O) groups is 2. The number of aliphatic hydroxyl groups excluding tert-OH is 1. The van der Waals surface area contributed by atoms with E-state index in [1.54, 1.807) is 39.0 Å². The zero-order chi connectivity index (χ0) is 22.2. The largest absolute Gasteiger partial charge is 0.461 e. The third-order valence-corrected chi connectivity index (χ3v) is 5.36. The molecule has 1 fully saturated rings. The predicted molar refractivity (Wildman–Crippen MR) is 106 cm³/mol. The summed E-state index contributed by atoms with van der Waals surface area (Å²) in [6.07, 6.45) is -4.43. The molecule has 0 aliphatic carbocycles. The first-order valence-electron chi connectivity index (χ1n) is 9.53. The van der Waals surface area contributed by atoms with Gasteiger partial charge in [0, 0.05) is 29.4 Å². The molecule has 3 rings (SSSR count). The first kappa shape index (κ1) is 21.8. The molecule has 0 radical (unpaired) electrons. The first-order chi connectivity index (χ1) is 14.0. The van der Waals surface area contributed by atoms with Crippen LogP contribution in [-0.2, 0) is 20.7 Å². The van der Waals surface area contributed by atoms with Gasteiger partial charge in [-0.2, -0.15) is 0 Å². The lowest BCUT2D eigenvalue weighted by atomic mass is 9.82. The van der Waals surface area contributed by atoms with Gasteiger partial charge >= 0.3 is 11.7 Å². The topological polar surface area (TPSA) is 138 Å². The van der Waals surface area contributed by atoms with Crippen LogP contribution in [0.1, 0.15) is 33.3 Å². The van der Waals surface area contributed by atoms with Crippen molar-refractivity contribution in [2.45, 2.75) is 58.2 Å². The molecule has 30 heavy (non-hydrogen) atoms. The Bertz CT molecular complexity index is 1030. The van der Waals surface area contributed by atoms with Crippen molar-refractivity contribution in [1.29, 1.82) is 0 Å². The molecular weight excluding hydrogens is 394 g/mol. The lowest BCUT2D eigenvalue weighted by Gasteiger charge is -2.46. The van der Waals surface area contributed by atoms with Crippen LogP contribution in [0.25, 0.3) is 11.0 Å². The van der Waals surface area contributed by atoms with E-state index in [2.05, 4.69) is 0 Å². The van der Waals surface area contributed by atoms with E-state index in [1.807, 2.05) is 0 Å². The highest BCUT2D eigenvalue weighted by atomic mass is 16.7. The molecule has 0 bridgehead atoms. The second-order valence-corrected chi connectivity index (χ2v) is 8.03. The number of ether oxygens (including phenoxy) is 3. The van der Waals surface area contributed by atoms with Gasteiger partial charge in [0.15, 0.2) is 6.10 Å². The summed E-state index contributed by atoms with van der Waals surface area (Å²) in [4.78, 5) is 34.7. The zero-order valence-electron chi connectivity index (χ0n) is 17.2. The summed E-state index contributed by atoms with van der Waals surface area (Å²) < 4.78 is 22.1. The molecule has 1 amide bonds. The number of nitrogens with two attached hydrogens (primary N) is 1. The Morgan fingerprint density at radius 2 is 1.97 bits per heavy atom. The van der Waals surface area contributed by atoms with E-state index in [1.165, 1.54) is 13.0 Å². The van der Waals surface area contributed by atoms with E-state index < -0.39 is 35.8 Å². The fraction of sp³-hybridized carbons (Fsp3) is 0.476. The molecule has 9 nitrogen and oxygen atoms in total. The van der Waals surface area contributed by atoms with Crippen molar-refractivity contribution in [3.63, 3.8) is 0 Å². The Morgan fingerprint density at radius 3 is 2.60 bits per heavy atom. The van der Waals surface area contributed by atoms with E-state index in [4.69, 9.17) is 24.4 Å². The fourth-order valence-corrected chi connectivity index (χ4v) is 3.41. The van der Waals surface area contributed by atoms with Gasteiger partial charge in [-0.3, -0.25) is 4.79 Å². The van der Waals surface area contributed by atoms with Crippen molar-refractivity contribution >= 4 is 22.8 Å². The fourth-order valence-electron chi connectivity index (χ4n) is 3.41. The monoisotopic (exact) mass is 419 g/mol. The number of carbonyl (C=O) groups excluding carboxylic acids is 2. The molecule has 9 heteroatoms. The minimum Gasteiger partial charge on any atom is -0.461 e. The number of hydrogen-bond donors (Lipinski definition) is 2. The Kier molecular flexibility index (Phi) is 5.87. The molecule has 0 saturated carbocycles. The standard InChI is InChI=1S/C21H25NO8/c1-10(23)7-13-8-12-5-6-14(9-15(12)28-18(13)25)27-19-17(29-20(22)26)16(24)11(2)21(3,4)30-19/h5-6,8-9,11,16-17,19,24H,7H2,1-4H3,(H2,22,26)/t11-,16+,17+,19?/m1/s1. The van der Waals surface area contributed by atoms with Crippen LogP contribution in [0.2, 0.25) is 0 Å². The Morgan fingerprint density at radius 1 is 1.27 bits per heavy atom. The average Bonchev–Trinajstić information content (AvgIpc) is 2.63. The van der Waals surface area contributed by atoms with Crippen LogP contribution in [0.4, 0.5) is 4.79 Å². The summed E-state index contributed by atoms with van der Waals surface area (Å²) in [5.74, 6) is -0.242. The lowest BCUT2D eigenvalue weighted by Crippen LogP contribution is -2.61. The second kappa shape index (κ2) is 8.08. The maximum absolute atomic E-state index is 12.1. The maximum Gasteiger partial charge on any atom is 0.405 e. The minimum atomic E-state index is -1.15.